The first kappa shape index (κ1) is 16.5. The summed E-state index contributed by atoms with van der Waals surface area (Å²) in [5.74, 6) is 0.431. The fourth-order valence-electron chi connectivity index (χ4n) is 3.01. The fraction of sp³-hybridized carbons (Fsp3) is 0.733. The van der Waals surface area contributed by atoms with Gasteiger partial charge in [0.25, 0.3) is 0 Å². The summed E-state index contributed by atoms with van der Waals surface area (Å²) in [7, 11) is -1.52. The van der Waals surface area contributed by atoms with E-state index in [4.69, 9.17) is 0 Å². The molecule has 1 aromatic rings. The first-order chi connectivity index (χ1) is 9.90. The van der Waals surface area contributed by atoms with Gasteiger partial charge in [0.05, 0.1) is 0 Å². The minimum Gasteiger partial charge on any atom is -0.349 e. The van der Waals surface area contributed by atoms with E-state index < -0.39 is 10.0 Å². The van der Waals surface area contributed by atoms with Crippen molar-refractivity contribution in [2.75, 3.05) is 13.6 Å². The highest BCUT2D eigenvalue weighted by Gasteiger charge is 2.34. The summed E-state index contributed by atoms with van der Waals surface area (Å²) in [6.45, 7) is 8.24. The van der Waals surface area contributed by atoms with Crippen LogP contribution in [0, 0.1) is 5.92 Å². The minimum atomic E-state index is -3.39. The van der Waals surface area contributed by atoms with E-state index >= 15 is 0 Å². The molecule has 1 N–H and O–H groups in total. The summed E-state index contributed by atoms with van der Waals surface area (Å²) in [6.07, 6.45) is 3.82. The highest BCUT2D eigenvalue weighted by atomic mass is 32.2. The second-order valence-corrected chi connectivity index (χ2v) is 7.98. The van der Waals surface area contributed by atoms with Crippen LogP contribution in [0.15, 0.2) is 17.2 Å². The second-order valence-electron chi connectivity index (χ2n) is 6.09. The number of nitrogens with zero attached hydrogens (tertiary/aromatic N) is 2. The third kappa shape index (κ3) is 3.33. The van der Waals surface area contributed by atoms with Crippen LogP contribution >= 0.6 is 0 Å². The van der Waals surface area contributed by atoms with Crippen molar-refractivity contribution in [1.29, 1.82) is 0 Å². The van der Waals surface area contributed by atoms with Crippen molar-refractivity contribution in [2.45, 2.75) is 57.6 Å². The maximum atomic E-state index is 12.9. The van der Waals surface area contributed by atoms with E-state index in [9.17, 15) is 8.42 Å². The Labute approximate surface area is 128 Å². The molecule has 2 atom stereocenters. The van der Waals surface area contributed by atoms with Gasteiger partial charge in [-0.15, -0.1) is 0 Å². The number of rotatable bonds is 5. The van der Waals surface area contributed by atoms with Crippen molar-refractivity contribution in [3.05, 3.63) is 18.0 Å². The lowest BCUT2D eigenvalue weighted by Crippen LogP contribution is -2.44. The highest BCUT2D eigenvalue weighted by molar-refractivity contribution is 7.89. The van der Waals surface area contributed by atoms with Gasteiger partial charge in [0.15, 0.2) is 0 Å². The van der Waals surface area contributed by atoms with Crippen LogP contribution in [-0.4, -0.2) is 36.9 Å². The standard InChI is InChI=1S/C15H27N3O2S/c1-5-17-11-15(8-14(17)9-16-4)21(19,20)18-10-12(2)6-7-13(18)3/h8,11-13,16H,5-7,9-10H2,1-4H3. The van der Waals surface area contributed by atoms with Crippen molar-refractivity contribution in [2.24, 2.45) is 5.92 Å². The smallest absolute Gasteiger partial charge is 0.244 e. The van der Waals surface area contributed by atoms with E-state index in [2.05, 4.69) is 12.2 Å². The minimum absolute atomic E-state index is 0.0870. The van der Waals surface area contributed by atoms with Gasteiger partial charge in [0.2, 0.25) is 10.0 Å². The number of aromatic nitrogens is 1. The zero-order chi connectivity index (χ0) is 15.6. The maximum Gasteiger partial charge on any atom is 0.244 e. The van der Waals surface area contributed by atoms with E-state index in [1.165, 1.54) is 0 Å². The largest absolute Gasteiger partial charge is 0.349 e. The Morgan fingerprint density at radius 1 is 1.33 bits per heavy atom. The molecule has 0 amide bonds. The number of piperidine rings is 1. The van der Waals surface area contributed by atoms with Gasteiger partial charge in [-0.1, -0.05) is 6.92 Å². The van der Waals surface area contributed by atoms with Gasteiger partial charge in [-0.25, -0.2) is 8.42 Å². The lowest BCUT2D eigenvalue weighted by molar-refractivity contribution is 0.218. The molecule has 2 rings (SSSR count). The Bertz CT molecular complexity index is 580. The summed E-state index contributed by atoms with van der Waals surface area (Å²) in [5.41, 5.74) is 1.01. The van der Waals surface area contributed by atoms with Gasteiger partial charge in [0.1, 0.15) is 4.90 Å². The van der Waals surface area contributed by atoms with Gasteiger partial charge >= 0.3 is 0 Å². The molecule has 2 heterocycles. The number of hydrogen-bond donors (Lipinski definition) is 1. The average molecular weight is 313 g/mol. The normalized spacial score (nSPS) is 24.4. The summed E-state index contributed by atoms with van der Waals surface area (Å²) in [6, 6.07) is 1.89. The predicted octanol–water partition coefficient (Wildman–Crippen LogP) is 2.04. The van der Waals surface area contributed by atoms with Crippen molar-refractivity contribution >= 4 is 10.0 Å². The second kappa shape index (κ2) is 6.50. The number of nitrogens with one attached hydrogen (secondary N) is 1. The lowest BCUT2D eigenvalue weighted by Gasteiger charge is -2.35. The first-order valence-electron chi connectivity index (χ1n) is 7.75. The molecular formula is C15H27N3O2S. The molecule has 1 fully saturated rings. The van der Waals surface area contributed by atoms with Crippen molar-refractivity contribution in [3.63, 3.8) is 0 Å². The molecule has 21 heavy (non-hydrogen) atoms. The van der Waals surface area contributed by atoms with Gasteiger partial charge in [0, 0.05) is 37.6 Å². The van der Waals surface area contributed by atoms with Crippen LogP contribution in [0.4, 0.5) is 0 Å². The van der Waals surface area contributed by atoms with Gasteiger partial charge in [-0.05, 0) is 45.7 Å². The third-order valence-electron chi connectivity index (χ3n) is 4.33. The lowest BCUT2D eigenvalue weighted by atomic mass is 9.97. The fourth-order valence-corrected chi connectivity index (χ4v) is 4.85. The molecular weight excluding hydrogens is 286 g/mol. The Morgan fingerprint density at radius 3 is 2.67 bits per heavy atom. The molecule has 1 saturated heterocycles. The van der Waals surface area contributed by atoms with Crippen molar-refractivity contribution < 1.29 is 8.42 Å². The number of sulfonamides is 1. The molecule has 6 heteroatoms. The van der Waals surface area contributed by atoms with Crippen LogP contribution in [0.5, 0.6) is 0 Å². The zero-order valence-electron chi connectivity index (χ0n) is 13.5. The Hall–Kier alpha value is -0.850. The van der Waals surface area contributed by atoms with E-state index in [-0.39, 0.29) is 6.04 Å². The molecule has 0 spiro atoms. The first-order valence-corrected chi connectivity index (χ1v) is 9.19. The van der Waals surface area contributed by atoms with Crippen LogP contribution in [0.2, 0.25) is 0 Å². The maximum absolute atomic E-state index is 12.9. The van der Waals surface area contributed by atoms with E-state index in [0.29, 0.717) is 23.9 Å². The van der Waals surface area contributed by atoms with Gasteiger partial charge in [-0.3, -0.25) is 0 Å². The quantitative estimate of drug-likeness (QED) is 0.905. The molecule has 0 aliphatic carbocycles. The van der Waals surface area contributed by atoms with Crippen LogP contribution in [0.1, 0.15) is 39.3 Å². The van der Waals surface area contributed by atoms with Gasteiger partial charge in [-0.2, -0.15) is 4.31 Å². The van der Waals surface area contributed by atoms with Crippen LogP contribution in [0.3, 0.4) is 0 Å². The van der Waals surface area contributed by atoms with Crippen molar-refractivity contribution in [1.82, 2.24) is 14.2 Å². The van der Waals surface area contributed by atoms with Crippen LogP contribution in [-0.2, 0) is 23.1 Å². The molecule has 1 aliphatic heterocycles. The highest BCUT2D eigenvalue weighted by Crippen LogP contribution is 2.28. The molecule has 1 aliphatic rings. The SMILES string of the molecule is CCn1cc(S(=O)(=O)N2CC(C)CCC2C)cc1CNC. The van der Waals surface area contributed by atoms with Crippen LogP contribution < -0.4 is 5.32 Å². The molecule has 0 radical (unpaired) electrons. The predicted molar refractivity (Wildman–Crippen MR) is 84.6 cm³/mol. The summed E-state index contributed by atoms with van der Waals surface area (Å²) < 4.78 is 29.5. The molecule has 0 saturated carbocycles. The van der Waals surface area contributed by atoms with E-state index in [1.54, 1.807) is 16.6 Å². The third-order valence-corrected chi connectivity index (χ3v) is 6.27. The van der Waals surface area contributed by atoms with E-state index in [1.807, 2.05) is 25.5 Å². The topological polar surface area (TPSA) is 54.3 Å². The molecule has 1 aromatic heterocycles. The van der Waals surface area contributed by atoms with Gasteiger partial charge < -0.3 is 9.88 Å². The number of aryl methyl sites for hydroxylation is 1. The zero-order valence-corrected chi connectivity index (χ0v) is 14.3. The van der Waals surface area contributed by atoms with Crippen molar-refractivity contribution in [3.8, 4) is 0 Å². The monoisotopic (exact) mass is 313 g/mol. The number of hydrogen-bond acceptors (Lipinski definition) is 3. The average Bonchev–Trinajstić information content (AvgIpc) is 2.85. The Balaban J connectivity index is 2.34. The Morgan fingerprint density at radius 2 is 2.05 bits per heavy atom. The molecule has 0 aromatic carbocycles. The van der Waals surface area contributed by atoms with E-state index in [0.717, 1.165) is 25.1 Å². The summed E-state index contributed by atoms with van der Waals surface area (Å²) in [5, 5.41) is 3.09. The molecule has 5 nitrogen and oxygen atoms in total. The summed E-state index contributed by atoms with van der Waals surface area (Å²) >= 11 is 0. The summed E-state index contributed by atoms with van der Waals surface area (Å²) in [4.78, 5) is 0.426. The molecule has 2 unspecified atom stereocenters. The van der Waals surface area contributed by atoms with Crippen LogP contribution in [0.25, 0.3) is 0 Å². The Kier molecular flexibility index (Phi) is 5.11. The molecule has 0 bridgehead atoms. The molecule has 120 valence electrons.